The normalized spacial score (nSPS) is 17.6. The summed E-state index contributed by atoms with van der Waals surface area (Å²) in [7, 11) is 0. The van der Waals surface area contributed by atoms with Crippen molar-refractivity contribution in [3.05, 3.63) is 64.7 Å². The molecule has 2 amide bonds. The summed E-state index contributed by atoms with van der Waals surface area (Å²) in [5.74, 6) is -0.0367. The Morgan fingerprint density at radius 2 is 1.85 bits per heavy atom. The molecule has 2 aromatic carbocycles. The Balaban J connectivity index is 1.72. The third kappa shape index (κ3) is 2.86. The summed E-state index contributed by atoms with van der Waals surface area (Å²) in [5, 5.41) is 1.28. The van der Waals surface area contributed by atoms with Gasteiger partial charge in [0.25, 0.3) is 11.8 Å². The molecule has 1 fully saturated rings. The maximum Gasteiger partial charge on any atom is 0.282 e. The van der Waals surface area contributed by atoms with Crippen LogP contribution < -0.4 is 15.2 Å². The lowest BCUT2D eigenvalue weighted by atomic mass is 10.0. The van der Waals surface area contributed by atoms with Crippen LogP contribution in [0.3, 0.4) is 0 Å². The van der Waals surface area contributed by atoms with Crippen LogP contribution in [0.4, 0.5) is 5.69 Å². The zero-order valence-electron chi connectivity index (χ0n) is 14.6. The lowest BCUT2D eigenvalue weighted by Gasteiger charge is -2.14. The van der Waals surface area contributed by atoms with Crippen LogP contribution in [-0.4, -0.2) is 18.4 Å². The SMILES string of the molecule is CCOc1cc2c(cc1C=C1C(=O)NN(c3ccccc3)C1=O)CCC2. The Bertz CT molecular complexity index is 903. The van der Waals surface area contributed by atoms with Crippen molar-refractivity contribution in [3.63, 3.8) is 0 Å². The fourth-order valence-electron chi connectivity index (χ4n) is 3.49. The first-order valence-corrected chi connectivity index (χ1v) is 8.88. The summed E-state index contributed by atoms with van der Waals surface area (Å²) in [6.45, 7) is 2.46. The number of anilines is 1. The van der Waals surface area contributed by atoms with E-state index in [2.05, 4.69) is 5.43 Å². The zero-order valence-corrected chi connectivity index (χ0v) is 14.6. The van der Waals surface area contributed by atoms with Crippen LogP contribution in [0.5, 0.6) is 5.75 Å². The van der Waals surface area contributed by atoms with E-state index < -0.39 is 5.91 Å². The van der Waals surface area contributed by atoms with Crippen LogP contribution in [-0.2, 0) is 22.4 Å². The van der Waals surface area contributed by atoms with Crippen molar-refractivity contribution in [3.8, 4) is 5.75 Å². The maximum absolute atomic E-state index is 12.8. The van der Waals surface area contributed by atoms with Gasteiger partial charge >= 0.3 is 0 Å². The van der Waals surface area contributed by atoms with Crippen LogP contribution in [0, 0.1) is 0 Å². The second kappa shape index (κ2) is 6.67. The molecule has 0 saturated carbocycles. The van der Waals surface area contributed by atoms with Crippen molar-refractivity contribution in [2.45, 2.75) is 26.2 Å². The highest BCUT2D eigenvalue weighted by atomic mass is 16.5. The number of rotatable bonds is 4. The van der Waals surface area contributed by atoms with Crippen molar-refractivity contribution in [1.29, 1.82) is 0 Å². The lowest BCUT2D eigenvalue weighted by Crippen LogP contribution is -2.35. The Labute approximate surface area is 152 Å². The lowest BCUT2D eigenvalue weighted by molar-refractivity contribution is -0.117. The molecule has 132 valence electrons. The Morgan fingerprint density at radius 3 is 2.58 bits per heavy atom. The van der Waals surface area contributed by atoms with E-state index in [0.29, 0.717) is 12.3 Å². The molecule has 0 radical (unpaired) electrons. The molecule has 1 N–H and O–H groups in total. The number of benzene rings is 2. The molecule has 1 heterocycles. The van der Waals surface area contributed by atoms with Crippen LogP contribution >= 0.6 is 0 Å². The summed E-state index contributed by atoms with van der Waals surface area (Å²) >= 11 is 0. The van der Waals surface area contributed by atoms with Gasteiger partial charge in [-0.05, 0) is 67.7 Å². The van der Waals surface area contributed by atoms with Gasteiger partial charge in [0.05, 0.1) is 12.3 Å². The first kappa shape index (κ1) is 16.4. The summed E-state index contributed by atoms with van der Waals surface area (Å²) in [6.07, 6.45) is 4.84. The molecule has 0 bridgehead atoms. The van der Waals surface area contributed by atoms with E-state index in [4.69, 9.17) is 4.74 Å². The summed E-state index contributed by atoms with van der Waals surface area (Å²) < 4.78 is 5.75. The highest BCUT2D eigenvalue weighted by Gasteiger charge is 2.34. The van der Waals surface area contributed by atoms with E-state index in [1.807, 2.05) is 37.3 Å². The Kier molecular flexibility index (Phi) is 4.21. The fourth-order valence-corrected chi connectivity index (χ4v) is 3.49. The van der Waals surface area contributed by atoms with E-state index in [1.165, 1.54) is 16.1 Å². The zero-order chi connectivity index (χ0) is 18.1. The molecule has 1 aliphatic carbocycles. The van der Waals surface area contributed by atoms with Gasteiger partial charge in [0.15, 0.2) is 0 Å². The topological polar surface area (TPSA) is 58.6 Å². The molecule has 2 aromatic rings. The average Bonchev–Trinajstić information content (AvgIpc) is 3.22. The number of para-hydroxylation sites is 1. The number of amides is 2. The van der Waals surface area contributed by atoms with Gasteiger partial charge in [0.2, 0.25) is 0 Å². The molecular formula is C21H20N2O3. The van der Waals surface area contributed by atoms with Crippen LogP contribution in [0.1, 0.15) is 30.0 Å². The highest BCUT2D eigenvalue weighted by Crippen LogP contribution is 2.32. The summed E-state index contributed by atoms with van der Waals surface area (Å²) in [5.41, 5.74) is 6.72. The van der Waals surface area contributed by atoms with Crippen molar-refractivity contribution in [1.82, 2.24) is 5.43 Å². The van der Waals surface area contributed by atoms with E-state index in [1.54, 1.807) is 18.2 Å². The minimum absolute atomic E-state index is 0.118. The molecule has 0 aromatic heterocycles. The highest BCUT2D eigenvalue weighted by molar-refractivity contribution is 6.31. The molecule has 0 unspecified atom stereocenters. The number of nitrogens with zero attached hydrogens (tertiary/aromatic N) is 1. The number of hydrogen-bond donors (Lipinski definition) is 1. The van der Waals surface area contributed by atoms with Gasteiger partial charge in [0, 0.05) is 5.56 Å². The van der Waals surface area contributed by atoms with E-state index in [9.17, 15) is 9.59 Å². The third-order valence-electron chi connectivity index (χ3n) is 4.73. The number of ether oxygens (including phenoxy) is 1. The van der Waals surface area contributed by atoms with Crippen molar-refractivity contribution < 1.29 is 14.3 Å². The molecule has 0 atom stereocenters. The van der Waals surface area contributed by atoms with E-state index in [-0.39, 0.29) is 11.5 Å². The standard InChI is InChI=1S/C21H20N2O3/c1-2-26-19-13-15-8-6-7-14(15)11-16(19)12-18-20(24)22-23(21(18)25)17-9-4-3-5-10-17/h3-5,9-13H,2,6-8H2,1H3,(H,22,24). The molecule has 0 spiro atoms. The largest absolute Gasteiger partial charge is 0.493 e. The predicted octanol–water partition coefficient (Wildman–Crippen LogP) is 3.04. The average molecular weight is 348 g/mol. The number of nitrogens with one attached hydrogen (secondary N) is 1. The number of hydrazine groups is 1. The number of carbonyl (C=O) groups is 2. The predicted molar refractivity (Wildman–Crippen MR) is 99.7 cm³/mol. The Hall–Kier alpha value is -3.08. The molecule has 5 nitrogen and oxygen atoms in total. The van der Waals surface area contributed by atoms with E-state index in [0.717, 1.165) is 30.6 Å². The van der Waals surface area contributed by atoms with Gasteiger partial charge in [-0.15, -0.1) is 0 Å². The maximum atomic E-state index is 12.8. The van der Waals surface area contributed by atoms with Crippen LogP contribution in [0.25, 0.3) is 6.08 Å². The van der Waals surface area contributed by atoms with Gasteiger partial charge < -0.3 is 4.74 Å². The van der Waals surface area contributed by atoms with Crippen LogP contribution in [0.2, 0.25) is 0 Å². The molecule has 1 saturated heterocycles. The number of hydrogen-bond acceptors (Lipinski definition) is 3. The molecule has 5 heteroatoms. The minimum Gasteiger partial charge on any atom is -0.493 e. The second-order valence-corrected chi connectivity index (χ2v) is 6.42. The smallest absolute Gasteiger partial charge is 0.282 e. The van der Waals surface area contributed by atoms with Gasteiger partial charge in [-0.1, -0.05) is 18.2 Å². The van der Waals surface area contributed by atoms with Crippen molar-refractivity contribution in [2.75, 3.05) is 11.6 Å². The molecule has 4 rings (SSSR count). The number of carbonyl (C=O) groups excluding carboxylic acids is 2. The molecule has 26 heavy (non-hydrogen) atoms. The van der Waals surface area contributed by atoms with Gasteiger partial charge in [-0.25, -0.2) is 5.01 Å². The second-order valence-electron chi connectivity index (χ2n) is 6.42. The first-order chi connectivity index (χ1) is 12.7. The molecule has 1 aliphatic heterocycles. The number of aryl methyl sites for hydroxylation is 2. The van der Waals surface area contributed by atoms with Crippen molar-refractivity contribution in [2.24, 2.45) is 0 Å². The first-order valence-electron chi connectivity index (χ1n) is 8.88. The van der Waals surface area contributed by atoms with Crippen LogP contribution in [0.15, 0.2) is 48.0 Å². The fraction of sp³-hybridized carbons (Fsp3) is 0.238. The molecule has 2 aliphatic rings. The van der Waals surface area contributed by atoms with E-state index >= 15 is 0 Å². The third-order valence-corrected chi connectivity index (χ3v) is 4.73. The summed E-state index contributed by atoms with van der Waals surface area (Å²) in [4.78, 5) is 25.2. The minimum atomic E-state index is -0.401. The molecular weight excluding hydrogens is 328 g/mol. The monoisotopic (exact) mass is 348 g/mol. The number of fused-ring (bicyclic) bond motifs is 1. The quantitative estimate of drug-likeness (QED) is 0.682. The van der Waals surface area contributed by atoms with Gasteiger partial charge in [-0.2, -0.15) is 0 Å². The van der Waals surface area contributed by atoms with Gasteiger partial charge in [0.1, 0.15) is 11.3 Å². The van der Waals surface area contributed by atoms with Crippen molar-refractivity contribution >= 4 is 23.6 Å². The summed E-state index contributed by atoms with van der Waals surface area (Å²) in [6, 6.07) is 13.2. The van der Waals surface area contributed by atoms with Gasteiger partial charge in [-0.3, -0.25) is 15.0 Å². The Morgan fingerprint density at radius 1 is 1.12 bits per heavy atom.